The van der Waals surface area contributed by atoms with Crippen LogP contribution in [0.15, 0.2) is 34.2 Å². The molecule has 0 aromatic heterocycles. The van der Waals surface area contributed by atoms with Crippen molar-refractivity contribution in [1.29, 1.82) is 0 Å². The number of benzene rings is 1. The van der Waals surface area contributed by atoms with Crippen molar-refractivity contribution in [2.24, 2.45) is 10.9 Å². The van der Waals surface area contributed by atoms with E-state index in [2.05, 4.69) is 46.0 Å². The van der Waals surface area contributed by atoms with Gasteiger partial charge in [0.25, 0.3) is 0 Å². The molecule has 29 heavy (non-hydrogen) atoms. The Hall–Kier alpha value is -0.910. The van der Waals surface area contributed by atoms with E-state index in [1.807, 2.05) is 13.8 Å². The number of aliphatic imine (C=N–C) groups is 1. The molecule has 9 heteroatoms. The molecule has 0 bridgehead atoms. The van der Waals surface area contributed by atoms with Gasteiger partial charge >= 0.3 is 0 Å². The second kappa shape index (κ2) is 12.1. The third kappa shape index (κ3) is 8.03. The van der Waals surface area contributed by atoms with Gasteiger partial charge < -0.3 is 10.6 Å². The van der Waals surface area contributed by atoms with Crippen molar-refractivity contribution >= 4 is 40.0 Å². The summed E-state index contributed by atoms with van der Waals surface area (Å²) in [6, 6.07) is 7.70. The van der Waals surface area contributed by atoms with Gasteiger partial charge in [-0.05, 0) is 45.7 Å². The van der Waals surface area contributed by atoms with Crippen molar-refractivity contribution in [1.82, 2.24) is 20.3 Å². The standard InChI is InChI=1S/C20H35N5O2S.HI/c1-6-21-20(24-19-14-25(15(2)3)13-17(19)5)22-11-12-23-28(26,27)18-9-7-16(4)8-10-18;/h7-10,15,17,19,23H,6,11-14H2,1-5H3,(H2,21,22,24);1H. The summed E-state index contributed by atoms with van der Waals surface area (Å²) in [7, 11) is -3.50. The lowest BCUT2D eigenvalue weighted by atomic mass is 10.1. The van der Waals surface area contributed by atoms with Crippen LogP contribution in [0.3, 0.4) is 0 Å². The molecule has 1 aliphatic heterocycles. The number of likely N-dealkylation sites (tertiary alicyclic amines) is 1. The molecule has 1 saturated heterocycles. The Morgan fingerprint density at radius 3 is 2.45 bits per heavy atom. The number of hydrogen-bond acceptors (Lipinski definition) is 4. The van der Waals surface area contributed by atoms with Crippen LogP contribution >= 0.6 is 24.0 Å². The fourth-order valence-corrected chi connectivity index (χ4v) is 4.28. The summed E-state index contributed by atoms with van der Waals surface area (Å²) in [6.07, 6.45) is 0. The average molecular weight is 538 g/mol. The number of aryl methyl sites for hydroxylation is 1. The lowest BCUT2D eigenvalue weighted by Crippen LogP contribution is -2.47. The summed E-state index contributed by atoms with van der Waals surface area (Å²) in [5.41, 5.74) is 1.03. The molecule has 1 fully saturated rings. The van der Waals surface area contributed by atoms with Gasteiger partial charge in [0.2, 0.25) is 10.0 Å². The van der Waals surface area contributed by atoms with Gasteiger partial charge in [0.1, 0.15) is 0 Å². The van der Waals surface area contributed by atoms with E-state index in [0.29, 0.717) is 24.5 Å². The molecule has 166 valence electrons. The van der Waals surface area contributed by atoms with Crippen molar-refractivity contribution in [3.63, 3.8) is 0 Å². The molecule has 0 radical (unpaired) electrons. The van der Waals surface area contributed by atoms with Crippen LogP contribution in [0.2, 0.25) is 0 Å². The Morgan fingerprint density at radius 2 is 1.90 bits per heavy atom. The highest BCUT2D eigenvalue weighted by Gasteiger charge is 2.31. The lowest BCUT2D eigenvalue weighted by Gasteiger charge is -2.22. The van der Waals surface area contributed by atoms with Crippen LogP contribution in [0.4, 0.5) is 0 Å². The van der Waals surface area contributed by atoms with Crippen LogP contribution in [0, 0.1) is 12.8 Å². The number of nitrogens with zero attached hydrogens (tertiary/aromatic N) is 2. The minimum atomic E-state index is -3.50. The highest BCUT2D eigenvalue weighted by atomic mass is 127. The van der Waals surface area contributed by atoms with Gasteiger partial charge in [-0.15, -0.1) is 24.0 Å². The highest BCUT2D eigenvalue weighted by Crippen LogP contribution is 2.18. The Labute approximate surface area is 193 Å². The van der Waals surface area contributed by atoms with Crippen molar-refractivity contribution in [2.45, 2.75) is 51.6 Å². The van der Waals surface area contributed by atoms with Gasteiger partial charge in [-0.2, -0.15) is 0 Å². The zero-order valence-corrected chi connectivity index (χ0v) is 21.3. The van der Waals surface area contributed by atoms with Gasteiger partial charge in [0.05, 0.1) is 11.4 Å². The quantitative estimate of drug-likeness (QED) is 0.205. The van der Waals surface area contributed by atoms with Crippen LogP contribution in [0.1, 0.15) is 33.3 Å². The molecule has 1 aromatic rings. The molecule has 3 N–H and O–H groups in total. The summed E-state index contributed by atoms with van der Waals surface area (Å²) >= 11 is 0. The normalized spacial score (nSPS) is 20.6. The Kier molecular flexibility index (Phi) is 10.9. The van der Waals surface area contributed by atoms with E-state index < -0.39 is 10.0 Å². The van der Waals surface area contributed by atoms with Crippen LogP contribution in [0.25, 0.3) is 0 Å². The molecule has 1 heterocycles. The minimum absolute atomic E-state index is 0. The summed E-state index contributed by atoms with van der Waals surface area (Å²) in [4.78, 5) is 7.28. The van der Waals surface area contributed by atoms with E-state index in [0.717, 1.165) is 31.2 Å². The van der Waals surface area contributed by atoms with E-state index in [1.54, 1.807) is 24.3 Å². The van der Waals surface area contributed by atoms with Crippen LogP contribution in [-0.2, 0) is 10.0 Å². The van der Waals surface area contributed by atoms with Crippen molar-refractivity contribution in [3.05, 3.63) is 29.8 Å². The largest absolute Gasteiger partial charge is 0.357 e. The Morgan fingerprint density at radius 1 is 1.24 bits per heavy atom. The maximum Gasteiger partial charge on any atom is 0.240 e. The second-order valence-electron chi connectivity index (χ2n) is 7.75. The molecular formula is C20H36IN5O2S. The number of rotatable bonds is 8. The predicted molar refractivity (Wildman–Crippen MR) is 131 cm³/mol. The Balaban J connectivity index is 0.00000420. The van der Waals surface area contributed by atoms with Crippen LogP contribution in [0.5, 0.6) is 0 Å². The molecule has 0 spiro atoms. The topological polar surface area (TPSA) is 85.8 Å². The van der Waals surface area contributed by atoms with Crippen molar-refractivity contribution in [2.75, 3.05) is 32.7 Å². The molecule has 0 amide bonds. The predicted octanol–water partition coefficient (Wildman–Crippen LogP) is 2.18. The monoisotopic (exact) mass is 537 g/mol. The molecule has 0 saturated carbocycles. The molecule has 2 atom stereocenters. The first-order chi connectivity index (χ1) is 13.2. The number of nitrogens with one attached hydrogen (secondary N) is 3. The number of guanidine groups is 1. The van der Waals surface area contributed by atoms with Crippen molar-refractivity contribution in [3.8, 4) is 0 Å². The van der Waals surface area contributed by atoms with E-state index >= 15 is 0 Å². The zero-order chi connectivity index (χ0) is 20.7. The Bertz CT molecular complexity index is 753. The SMILES string of the molecule is CCNC(=NCCNS(=O)(=O)c1ccc(C)cc1)NC1CN(C(C)C)CC1C.I. The van der Waals surface area contributed by atoms with Crippen molar-refractivity contribution < 1.29 is 8.42 Å². The van der Waals surface area contributed by atoms with Gasteiger partial charge in [0, 0.05) is 38.3 Å². The fourth-order valence-electron chi connectivity index (χ4n) is 3.26. The van der Waals surface area contributed by atoms with Gasteiger partial charge in [-0.3, -0.25) is 9.89 Å². The van der Waals surface area contributed by atoms with Gasteiger partial charge in [-0.25, -0.2) is 13.1 Å². The first-order valence-corrected chi connectivity index (χ1v) is 11.6. The average Bonchev–Trinajstić information content (AvgIpc) is 3.00. The third-order valence-corrected chi connectivity index (χ3v) is 6.52. The zero-order valence-electron chi connectivity index (χ0n) is 18.1. The number of sulfonamides is 1. The highest BCUT2D eigenvalue weighted by molar-refractivity contribution is 14.0. The maximum atomic E-state index is 12.3. The number of hydrogen-bond donors (Lipinski definition) is 3. The summed E-state index contributed by atoms with van der Waals surface area (Å²) in [6.45, 7) is 14.1. The first kappa shape index (κ1) is 26.1. The molecule has 0 aliphatic carbocycles. The third-order valence-electron chi connectivity index (χ3n) is 5.04. The van der Waals surface area contributed by atoms with E-state index in [1.165, 1.54) is 0 Å². The molecule has 7 nitrogen and oxygen atoms in total. The van der Waals surface area contributed by atoms with Gasteiger partial charge in [-0.1, -0.05) is 24.6 Å². The van der Waals surface area contributed by atoms with Crippen LogP contribution < -0.4 is 15.4 Å². The van der Waals surface area contributed by atoms with E-state index in [9.17, 15) is 8.42 Å². The van der Waals surface area contributed by atoms with E-state index in [4.69, 9.17) is 0 Å². The summed E-state index contributed by atoms with van der Waals surface area (Å²) < 4.78 is 27.3. The lowest BCUT2D eigenvalue weighted by molar-refractivity contribution is 0.265. The molecule has 1 aliphatic rings. The summed E-state index contributed by atoms with van der Waals surface area (Å²) in [5.74, 6) is 1.27. The van der Waals surface area contributed by atoms with Gasteiger partial charge in [0.15, 0.2) is 5.96 Å². The van der Waals surface area contributed by atoms with E-state index in [-0.39, 0.29) is 35.4 Å². The smallest absolute Gasteiger partial charge is 0.240 e. The molecular weight excluding hydrogens is 501 g/mol. The second-order valence-corrected chi connectivity index (χ2v) is 9.51. The minimum Gasteiger partial charge on any atom is -0.357 e. The molecule has 2 unspecified atom stereocenters. The number of halogens is 1. The molecule has 1 aromatic carbocycles. The van der Waals surface area contributed by atoms with Crippen LogP contribution in [-0.4, -0.2) is 64.1 Å². The molecule has 2 rings (SSSR count). The maximum absolute atomic E-state index is 12.3. The summed E-state index contributed by atoms with van der Waals surface area (Å²) in [5, 5.41) is 6.76. The fraction of sp³-hybridized carbons (Fsp3) is 0.650. The first-order valence-electron chi connectivity index (χ1n) is 10.1.